The normalized spacial score (nSPS) is 22.7. The SMILES string of the molecule is C[C@@H]1CCN(CCCCOc2ccc(C#N)cc2)C[C@@H]1C. The molecule has 2 atom stereocenters. The van der Waals surface area contributed by atoms with Crippen molar-refractivity contribution in [1.29, 1.82) is 5.26 Å². The molecular weight excluding hydrogens is 260 g/mol. The fraction of sp³-hybridized carbons (Fsp3) is 0.611. The Morgan fingerprint density at radius 1 is 1.19 bits per heavy atom. The van der Waals surface area contributed by atoms with Crippen LogP contribution in [0.25, 0.3) is 0 Å². The molecule has 1 heterocycles. The predicted octanol–water partition coefficient (Wildman–Crippen LogP) is 3.70. The molecule has 21 heavy (non-hydrogen) atoms. The summed E-state index contributed by atoms with van der Waals surface area (Å²) in [6.45, 7) is 9.18. The number of ether oxygens (including phenoxy) is 1. The highest BCUT2D eigenvalue weighted by Gasteiger charge is 2.21. The Morgan fingerprint density at radius 3 is 2.62 bits per heavy atom. The molecule has 1 fully saturated rings. The van der Waals surface area contributed by atoms with E-state index in [1.165, 1.54) is 32.5 Å². The lowest BCUT2D eigenvalue weighted by atomic mass is 9.88. The molecule has 1 saturated heterocycles. The van der Waals surface area contributed by atoms with Crippen LogP contribution in [0.2, 0.25) is 0 Å². The summed E-state index contributed by atoms with van der Waals surface area (Å²) in [5.74, 6) is 2.56. The van der Waals surface area contributed by atoms with Crippen LogP contribution in [0, 0.1) is 23.2 Å². The molecule has 0 aliphatic carbocycles. The van der Waals surface area contributed by atoms with Crippen molar-refractivity contribution >= 4 is 0 Å². The molecule has 0 aromatic heterocycles. The van der Waals surface area contributed by atoms with Gasteiger partial charge >= 0.3 is 0 Å². The van der Waals surface area contributed by atoms with Gasteiger partial charge in [0.1, 0.15) is 5.75 Å². The number of nitriles is 1. The second kappa shape index (κ2) is 8.05. The van der Waals surface area contributed by atoms with Gasteiger partial charge in [0.05, 0.1) is 18.2 Å². The first kappa shape index (κ1) is 15.9. The van der Waals surface area contributed by atoms with Gasteiger partial charge in [-0.2, -0.15) is 5.26 Å². The van der Waals surface area contributed by atoms with Crippen molar-refractivity contribution in [1.82, 2.24) is 4.90 Å². The Labute approximate surface area is 128 Å². The van der Waals surface area contributed by atoms with Gasteiger partial charge in [0.15, 0.2) is 0 Å². The van der Waals surface area contributed by atoms with Crippen LogP contribution in [0.15, 0.2) is 24.3 Å². The summed E-state index contributed by atoms with van der Waals surface area (Å²) in [6.07, 6.45) is 3.61. The molecule has 0 amide bonds. The molecular formula is C18H26N2O. The zero-order valence-electron chi connectivity index (χ0n) is 13.2. The van der Waals surface area contributed by atoms with E-state index in [-0.39, 0.29) is 0 Å². The summed E-state index contributed by atoms with van der Waals surface area (Å²) in [5.41, 5.74) is 0.677. The standard InChI is InChI=1S/C18H26N2O/c1-15-9-11-20(14-16(15)2)10-3-4-12-21-18-7-5-17(13-19)6-8-18/h5-8,15-16H,3-4,9-12,14H2,1-2H3/t15-,16+/m1/s1. The maximum Gasteiger partial charge on any atom is 0.119 e. The molecule has 0 spiro atoms. The summed E-state index contributed by atoms with van der Waals surface area (Å²) in [5, 5.41) is 8.74. The third-order valence-corrected chi connectivity index (χ3v) is 4.54. The summed E-state index contributed by atoms with van der Waals surface area (Å²) in [4.78, 5) is 2.59. The van der Waals surface area contributed by atoms with E-state index in [2.05, 4.69) is 24.8 Å². The molecule has 2 rings (SSSR count). The fourth-order valence-corrected chi connectivity index (χ4v) is 2.81. The van der Waals surface area contributed by atoms with Gasteiger partial charge in [-0.3, -0.25) is 0 Å². The molecule has 1 aromatic carbocycles. The first-order chi connectivity index (χ1) is 10.2. The number of benzene rings is 1. The van der Waals surface area contributed by atoms with Gasteiger partial charge < -0.3 is 9.64 Å². The van der Waals surface area contributed by atoms with Crippen LogP contribution in [-0.2, 0) is 0 Å². The number of rotatable bonds is 6. The summed E-state index contributed by atoms with van der Waals surface area (Å²) in [7, 11) is 0. The van der Waals surface area contributed by atoms with Crippen LogP contribution in [0.1, 0.15) is 38.7 Å². The Hall–Kier alpha value is -1.53. The summed E-state index contributed by atoms with van der Waals surface area (Å²) < 4.78 is 5.71. The highest BCUT2D eigenvalue weighted by atomic mass is 16.5. The van der Waals surface area contributed by atoms with Crippen molar-refractivity contribution in [2.45, 2.75) is 33.1 Å². The second-order valence-corrected chi connectivity index (χ2v) is 6.24. The average Bonchev–Trinajstić information content (AvgIpc) is 2.51. The predicted molar refractivity (Wildman–Crippen MR) is 85.3 cm³/mol. The fourth-order valence-electron chi connectivity index (χ4n) is 2.81. The lowest BCUT2D eigenvalue weighted by molar-refractivity contribution is 0.134. The summed E-state index contributed by atoms with van der Waals surface area (Å²) in [6, 6.07) is 9.44. The number of unbranched alkanes of at least 4 members (excludes halogenated alkanes) is 1. The Bertz CT molecular complexity index is 463. The van der Waals surface area contributed by atoms with E-state index < -0.39 is 0 Å². The molecule has 1 aliphatic heterocycles. The zero-order chi connectivity index (χ0) is 15.1. The number of piperidine rings is 1. The van der Waals surface area contributed by atoms with Gasteiger partial charge in [-0.05, 0) is 68.5 Å². The van der Waals surface area contributed by atoms with E-state index in [0.717, 1.165) is 30.6 Å². The first-order valence-electron chi connectivity index (χ1n) is 8.04. The minimum absolute atomic E-state index is 0.677. The van der Waals surface area contributed by atoms with Gasteiger partial charge in [0.2, 0.25) is 0 Å². The molecule has 0 saturated carbocycles. The average molecular weight is 286 g/mol. The molecule has 0 bridgehead atoms. The monoisotopic (exact) mass is 286 g/mol. The van der Waals surface area contributed by atoms with Crippen molar-refractivity contribution in [2.75, 3.05) is 26.2 Å². The van der Waals surface area contributed by atoms with Gasteiger partial charge in [0, 0.05) is 6.54 Å². The van der Waals surface area contributed by atoms with Crippen LogP contribution in [0.4, 0.5) is 0 Å². The quantitative estimate of drug-likeness (QED) is 0.748. The number of likely N-dealkylation sites (tertiary alicyclic amines) is 1. The third-order valence-electron chi connectivity index (χ3n) is 4.54. The maximum absolute atomic E-state index is 8.74. The van der Waals surface area contributed by atoms with E-state index >= 15 is 0 Å². The smallest absolute Gasteiger partial charge is 0.119 e. The van der Waals surface area contributed by atoms with Crippen LogP contribution >= 0.6 is 0 Å². The molecule has 0 unspecified atom stereocenters. The van der Waals surface area contributed by atoms with Gasteiger partial charge in [-0.15, -0.1) is 0 Å². The highest BCUT2D eigenvalue weighted by molar-refractivity contribution is 5.34. The Morgan fingerprint density at radius 2 is 1.95 bits per heavy atom. The zero-order valence-corrected chi connectivity index (χ0v) is 13.2. The highest BCUT2D eigenvalue weighted by Crippen LogP contribution is 2.22. The van der Waals surface area contributed by atoms with E-state index in [0.29, 0.717) is 5.56 Å². The third kappa shape index (κ3) is 5.06. The number of nitrogens with zero attached hydrogens (tertiary/aromatic N) is 2. The molecule has 3 heteroatoms. The molecule has 0 N–H and O–H groups in total. The first-order valence-corrected chi connectivity index (χ1v) is 8.04. The van der Waals surface area contributed by atoms with E-state index in [1.807, 2.05) is 12.1 Å². The van der Waals surface area contributed by atoms with Crippen LogP contribution in [0.5, 0.6) is 5.75 Å². The molecule has 0 radical (unpaired) electrons. The van der Waals surface area contributed by atoms with Crippen molar-refractivity contribution < 1.29 is 4.74 Å². The largest absolute Gasteiger partial charge is 0.494 e. The molecule has 1 aliphatic rings. The molecule has 1 aromatic rings. The topological polar surface area (TPSA) is 36.3 Å². The lowest BCUT2D eigenvalue weighted by Crippen LogP contribution is -2.38. The van der Waals surface area contributed by atoms with Gasteiger partial charge in [-0.25, -0.2) is 0 Å². The van der Waals surface area contributed by atoms with Crippen molar-refractivity contribution in [2.24, 2.45) is 11.8 Å². The van der Waals surface area contributed by atoms with Gasteiger partial charge in [-0.1, -0.05) is 13.8 Å². The molecule has 3 nitrogen and oxygen atoms in total. The molecule has 114 valence electrons. The van der Waals surface area contributed by atoms with Crippen LogP contribution < -0.4 is 4.74 Å². The minimum Gasteiger partial charge on any atom is -0.494 e. The summed E-state index contributed by atoms with van der Waals surface area (Å²) >= 11 is 0. The van der Waals surface area contributed by atoms with Crippen LogP contribution in [0.3, 0.4) is 0 Å². The van der Waals surface area contributed by atoms with Crippen LogP contribution in [-0.4, -0.2) is 31.1 Å². The Kier molecular flexibility index (Phi) is 6.07. The maximum atomic E-state index is 8.74. The van der Waals surface area contributed by atoms with Gasteiger partial charge in [0.25, 0.3) is 0 Å². The van der Waals surface area contributed by atoms with E-state index in [4.69, 9.17) is 10.00 Å². The second-order valence-electron chi connectivity index (χ2n) is 6.24. The van der Waals surface area contributed by atoms with Crippen molar-refractivity contribution in [3.05, 3.63) is 29.8 Å². The number of hydrogen-bond donors (Lipinski definition) is 0. The Balaban J connectivity index is 1.58. The lowest BCUT2D eigenvalue weighted by Gasteiger charge is -2.35. The van der Waals surface area contributed by atoms with E-state index in [9.17, 15) is 0 Å². The number of hydrogen-bond acceptors (Lipinski definition) is 3. The van der Waals surface area contributed by atoms with Crippen molar-refractivity contribution in [3.8, 4) is 11.8 Å². The van der Waals surface area contributed by atoms with Crippen molar-refractivity contribution in [3.63, 3.8) is 0 Å². The van der Waals surface area contributed by atoms with E-state index in [1.54, 1.807) is 12.1 Å². The minimum atomic E-state index is 0.677.